The molecule has 1 aromatic carbocycles. The van der Waals surface area contributed by atoms with Gasteiger partial charge in [-0.05, 0) is 37.5 Å². The molecular formula is C15H19FN4O2. The molecule has 0 aliphatic carbocycles. The zero-order valence-electron chi connectivity index (χ0n) is 12.4. The standard InChI is InChI=1S/C15H19FN4O2/c1-11(4-3-7-21)17-15(22)14-10-20(19-18-14)9-12-5-2-6-13(16)8-12/h2,5-6,8,10-11,21H,3-4,7,9H2,1H3,(H,17,22). The summed E-state index contributed by atoms with van der Waals surface area (Å²) in [6.45, 7) is 2.31. The number of aliphatic hydroxyl groups excluding tert-OH is 1. The maximum atomic E-state index is 13.1. The van der Waals surface area contributed by atoms with Crippen molar-refractivity contribution in [2.75, 3.05) is 6.61 Å². The van der Waals surface area contributed by atoms with Crippen LogP contribution in [0.15, 0.2) is 30.5 Å². The van der Waals surface area contributed by atoms with Crippen LogP contribution in [0.3, 0.4) is 0 Å². The number of hydrogen-bond acceptors (Lipinski definition) is 4. The molecule has 2 aromatic rings. The molecule has 0 saturated carbocycles. The maximum absolute atomic E-state index is 13.1. The summed E-state index contributed by atoms with van der Waals surface area (Å²) in [6.07, 6.45) is 2.85. The molecule has 2 rings (SSSR count). The molecule has 22 heavy (non-hydrogen) atoms. The van der Waals surface area contributed by atoms with Crippen molar-refractivity contribution in [2.24, 2.45) is 0 Å². The molecule has 0 radical (unpaired) electrons. The molecule has 0 aliphatic heterocycles. The molecule has 0 saturated heterocycles. The van der Waals surface area contributed by atoms with Gasteiger partial charge in [0.1, 0.15) is 5.82 Å². The van der Waals surface area contributed by atoms with E-state index in [1.807, 2.05) is 6.92 Å². The fourth-order valence-corrected chi connectivity index (χ4v) is 2.07. The van der Waals surface area contributed by atoms with Gasteiger partial charge < -0.3 is 10.4 Å². The lowest BCUT2D eigenvalue weighted by Crippen LogP contribution is -2.32. The normalized spacial score (nSPS) is 12.1. The zero-order chi connectivity index (χ0) is 15.9. The van der Waals surface area contributed by atoms with Crippen LogP contribution in [0.5, 0.6) is 0 Å². The zero-order valence-corrected chi connectivity index (χ0v) is 12.4. The summed E-state index contributed by atoms with van der Waals surface area (Å²) in [5.41, 5.74) is 0.959. The van der Waals surface area contributed by atoms with Crippen molar-refractivity contribution < 1.29 is 14.3 Å². The lowest BCUT2D eigenvalue weighted by Gasteiger charge is -2.11. The summed E-state index contributed by atoms with van der Waals surface area (Å²) in [4.78, 5) is 12.0. The molecule has 1 atom stereocenters. The van der Waals surface area contributed by atoms with Crippen molar-refractivity contribution >= 4 is 5.91 Å². The first-order chi connectivity index (χ1) is 10.6. The van der Waals surface area contributed by atoms with E-state index in [1.54, 1.807) is 12.1 Å². The predicted octanol–water partition coefficient (Wildman–Crippen LogP) is 1.36. The number of nitrogens with zero attached hydrogens (tertiary/aromatic N) is 3. The summed E-state index contributed by atoms with van der Waals surface area (Å²) in [5, 5.41) is 19.3. The molecular weight excluding hydrogens is 287 g/mol. The van der Waals surface area contributed by atoms with Gasteiger partial charge in [-0.15, -0.1) is 5.10 Å². The van der Waals surface area contributed by atoms with E-state index >= 15 is 0 Å². The quantitative estimate of drug-likeness (QED) is 0.809. The Morgan fingerprint density at radius 2 is 2.32 bits per heavy atom. The van der Waals surface area contributed by atoms with Crippen LogP contribution in [0.25, 0.3) is 0 Å². The van der Waals surface area contributed by atoms with E-state index < -0.39 is 0 Å². The van der Waals surface area contributed by atoms with Gasteiger partial charge in [0.2, 0.25) is 0 Å². The third kappa shape index (κ3) is 4.63. The van der Waals surface area contributed by atoms with Crippen molar-refractivity contribution in [3.05, 3.63) is 47.5 Å². The second-order valence-electron chi connectivity index (χ2n) is 5.17. The third-order valence-electron chi connectivity index (χ3n) is 3.18. The topological polar surface area (TPSA) is 80.0 Å². The van der Waals surface area contributed by atoms with Crippen LogP contribution in [0, 0.1) is 5.82 Å². The third-order valence-corrected chi connectivity index (χ3v) is 3.18. The second-order valence-corrected chi connectivity index (χ2v) is 5.17. The van der Waals surface area contributed by atoms with Gasteiger partial charge >= 0.3 is 0 Å². The average molecular weight is 306 g/mol. The SMILES string of the molecule is CC(CCCO)NC(=O)c1cn(Cc2cccc(F)c2)nn1. The van der Waals surface area contributed by atoms with E-state index in [2.05, 4.69) is 15.6 Å². The Labute approximate surface area is 128 Å². The van der Waals surface area contributed by atoms with Crippen molar-refractivity contribution in [1.82, 2.24) is 20.3 Å². The van der Waals surface area contributed by atoms with Crippen LogP contribution < -0.4 is 5.32 Å². The van der Waals surface area contributed by atoms with E-state index in [0.29, 0.717) is 19.4 Å². The highest BCUT2D eigenvalue weighted by molar-refractivity contribution is 5.92. The number of rotatable bonds is 7. The molecule has 2 N–H and O–H groups in total. The number of halogens is 1. The highest BCUT2D eigenvalue weighted by atomic mass is 19.1. The molecule has 1 unspecified atom stereocenters. The number of carbonyl (C=O) groups is 1. The van der Waals surface area contributed by atoms with Gasteiger partial charge in [0, 0.05) is 12.6 Å². The van der Waals surface area contributed by atoms with Crippen LogP contribution in [0.2, 0.25) is 0 Å². The molecule has 1 aromatic heterocycles. The fourth-order valence-electron chi connectivity index (χ4n) is 2.07. The molecule has 0 bridgehead atoms. The Morgan fingerprint density at radius 3 is 3.05 bits per heavy atom. The number of aliphatic hydroxyl groups is 1. The molecule has 0 spiro atoms. The van der Waals surface area contributed by atoms with Gasteiger partial charge in [0.15, 0.2) is 5.69 Å². The van der Waals surface area contributed by atoms with Crippen LogP contribution >= 0.6 is 0 Å². The number of aromatic nitrogens is 3. The van der Waals surface area contributed by atoms with E-state index in [0.717, 1.165) is 5.56 Å². The van der Waals surface area contributed by atoms with E-state index in [-0.39, 0.29) is 30.1 Å². The largest absolute Gasteiger partial charge is 0.396 e. The van der Waals surface area contributed by atoms with Gasteiger partial charge in [-0.2, -0.15) is 0 Å². The van der Waals surface area contributed by atoms with Crippen molar-refractivity contribution in [1.29, 1.82) is 0 Å². The van der Waals surface area contributed by atoms with Gasteiger partial charge in [-0.25, -0.2) is 9.07 Å². The monoisotopic (exact) mass is 306 g/mol. The van der Waals surface area contributed by atoms with Crippen LogP contribution in [0.1, 0.15) is 35.8 Å². The van der Waals surface area contributed by atoms with Crippen molar-refractivity contribution in [3.8, 4) is 0 Å². The summed E-state index contributed by atoms with van der Waals surface area (Å²) < 4.78 is 14.6. The molecule has 6 nitrogen and oxygen atoms in total. The minimum atomic E-state index is -0.312. The van der Waals surface area contributed by atoms with Crippen molar-refractivity contribution in [2.45, 2.75) is 32.4 Å². The van der Waals surface area contributed by atoms with Gasteiger partial charge in [-0.3, -0.25) is 4.79 Å². The first kappa shape index (κ1) is 16.1. The lowest BCUT2D eigenvalue weighted by atomic mass is 10.2. The Balaban J connectivity index is 1.94. The number of carbonyl (C=O) groups excluding carboxylic acids is 1. The van der Waals surface area contributed by atoms with Crippen LogP contribution in [-0.4, -0.2) is 38.7 Å². The molecule has 7 heteroatoms. The minimum absolute atomic E-state index is 0.0481. The summed E-state index contributed by atoms with van der Waals surface area (Å²) >= 11 is 0. The molecule has 1 amide bonds. The maximum Gasteiger partial charge on any atom is 0.273 e. The lowest BCUT2D eigenvalue weighted by molar-refractivity contribution is 0.0931. The molecule has 1 heterocycles. The Kier molecular flexibility index (Phi) is 5.60. The summed E-state index contributed by atoms with van der Waals surface area (Å²) in [7, 11) is 0. The number of amides is 1. The van der Waals surface area contributed by atoms with Gasteiger partial charge in [-0.1, -0.05) is 17.3 Å². The summed E-state index contributed by atoms with van der Waals surface area (Å²) in [6, 6.07) is 6.14. The fraction of sp³-hybridized carbons (Fsp3) is 0.400. The number of benzene rings is 1. The first-order valence-corrected chi connectivity index (χ1v) is 7.15. The number of hydrogen-bond donors (Lipinski definition) is 2. The van der Waals surface area contributed by atoms with Crippen LogP contribution in [-0.2, 0) is 6.54 Å². The molecule has 0 aliphatic rings. The van der Waals surface area contributed by atoms with Gasteiger partial charge in [0.25, 0.3) is 5.91 Å². The van der Waals surface area contributed by atoms with Gasteiger partial charge in [0.05, 0.1) is 12.7 Å². The molecule has 118 valence electrons. The van der Waals surface area contributed by atoms with E-state index in [9.17, 15) is 9.18 Å². The van der Waals surface area contributed by atoms with Crippen LogP contribution in [0.4, 0.5) is 4.39 Å². The van der Waals surface area contributed by atoms with E-state index in [4.69, 9.17) is 5.11 Å². The second kappa shape index (κ2) is 7.65. The van der Waals surface area contributed by atoms with Crippen molar-refractivity contribution in [3.63, 3.8) is 0 Å². The smallest absolute Gasteiger partial charge is 0.273 e. The number of nitrogens with one attached hydrogen (secondary N) is 1. The van der Waals surface area contributed by atoms with E-state index in [1.165, 1.54) is 23.0 Å². The summed E-state index contributed by atoms with van der Waals surface area (Å²) in [5.74, 6) is -0.621. The highest BCUT2D eigenvalue weighted by Crippen LogP contribution is 2.06. The first-order valence-electron chi connectivity index (χ1n) is 7.15. The Bertz CT molecular complexity index is 630. The minimum Gasteiger partial charge on any atom is -0.396 e. The Morgan fingerprint density at radius 1 is 1.50 bits per heavy atom. The predicted molar refractivity (Wildman–Crippen MR) is 78.8 cm³/mol. The average Bonchev–Trinajstić information content (AvgIpc) is 2.93. The Hall–Kier alpha value is -2.28. The molecule has 0 fully saturated rings. The highest BCUT2D eigenvalue weighted by Gasteiger charge is 2.13.